The molecule has 2 amide bonds. The number of nitrogens with zero attached hydrogens (tertiary/aromatic N) is 3. The van der Waals surface area contributed by atoms with E-state index in [2.05, 4.69) is 22.2 Å². The lowest BCUT2D eigenvalue weighted by Gasteiger charge is -2.41. The van der Waals surface area contributed by atoms with Crippen LogP contribution in [0.2, 0.25) is 0 Å². The van der Waals surface area contributed by atoms with Gasteiger partial charge in [0.25, 0.3) is 0 Å². The first-order valence-corrected chi connectivity index (χ1v) is 16.8. The molecule has 0 spiro atoms. The molecular weight excluding hydrogens is 624 g/mol. The quantitative estimate of drug-likeness (QED) is 0.297. The van der Waals surface area contributed by atoms with Crippen LogP contribution in [0, 0.1) is 0 Å². The van der Waals surface area contributed by atoms with Gasteiger partial charge < -0.3 is 38.5 Å². The van der Waals surface area contributed by atoms with Crippen molar-refractivity contribution in [2.75, 3.05) is 67.6 Å². The smallest absolute Gasteiger partial charge is 0.415 e. The Morgan fingerprint density at radius 3 is 2.27 bits per heavy atom. The molecule has 49 heavy (non-hydrogen) atoms. The summed E-state index contributed by atoms with van der Waals surface area (Å²) in [6, 6.07) is 13.8. The molecule has 2 fully saturated rings. The lowest BCUT2D eigenvalue weighted by Crippen LogP contribution is -2.54. The maximum absolute atomic E-state index is 13.4. The number of nitrogens with one attached hydrogen (secondary N) is 1. The third-order valence-electron chi connectivity index (χ3n) is 9.84. The minimum atomic E-state index is -0.418. The van der Waals surface area contributed by atoms with E-state index in [-0.39, 0.29) is 18.1 Å². The monoisotopic (exact) mass is 670 g/mol. The molecule has 11 heteroatoms. The molecule has 0 saturated carbocycles. The molecule has 3 aromatic rings. The maximum Gasteiger partial charge on any atom is 0.415 e. The van der Waals surface area contributed by atoms with Gasteiger partial charge in [0.2, 0.25) is 11.7 Å². The van der Waals surface area contributed by atoms with Crippen molar-refractivity contribution < 1.29 is 33.0 Å². The van der Waals surface area contributed by atoms with E-state index in [9.17, 15) is 9.59 Å². The lowest BCUT2D eigenvalue weighted by atomic mass is 10.00. The average Bonchev–Trinajstić information content (AvgIpc) is 3.74. The normalized spacial score (nSPS) is 18.1. The van der Waals surface area contributed by atoms with Gasteiger partial charge in [-0.1, -0.05) is 6.07 Å². The second-order valence-corrected chi connectivity index (χ2v) is 12.8. The first-order chi connectivity index (χ1) is 23.8. The molecule has 1 aliphatic carbocycles. The number of amides is 2. The number of carbonyl (C=O) groups excluding carboxylic acids is 2. The SMILES string of the molecule is COc1ccc2c(c1)C(CC(=O)NCc1ccco1)=C(C)/C2=C/c1cc(OC)c(OC(=O)N2CCN(C3CCN(C)CC3)CC2)c(OC)c1. The van der Waals surface area contributed by atoms with Crippen molar-refractivity contribution in [2.45, 2.75) is 38.8 Å². The minimum absolute atomic E-state index is 0.112. The molecule has 0 atom stereocenters. The van der Waals surface area contributed by atoms with Gasteiger partial charge in [-0.15, -0.1) is 0 Å². The number of ether oxygens (including phenoxy) is 4. The summed E-state index contributed by atoms with van der Waals surface area (Å²) >= 11 is 0. The number of allylic oxidation sites excluding steroid dienone is 2. The average molecular weight is 671 g/mol. The summed E-state index contributed by atoms with van der Waals surface area (Å²) in [6.45, 7) is 7.44. The Labute approximate surface area is 288 Å². The zero-order valence-corrected chi connectivity index (χ0v) is 29.0. The summed E-state index contributed by atoms with van der Waals surface area (Å²) in [7, 11) is 6.89. The van der Waals surface area contributed by atoms with Gasteiger partial charge in [0.1, 0.15) is 11.5 Å². The molecule has 260 valence electrons. The van der Waals surface area contributed by atoms with Crippen LogP contribution in [-0.4, -0.2) is 100 Å². The highest BCUT2D eigenvalue weighted by Crippen LogP contribution is 2.46. The predicted molar refractivity (Wildman–Crippen MR) is 188 cm³/mol. The van der Waals surface area contributed by atoms with Crippen LogP contribution < -0.4 is 24.3 Å². The third kappa shape index (κ3) is 7.63. The fourth-order valence-corrected chi connectivity index (χ4v) is 6.97. The number of fused-ring (bicyclic) bond motifs is 1. The van der Waals surface area contributed by atoms with Gasteiger partial charge in [-0.2, -0.15) is 0 Å². The van der Waals surface area contributed by atoms with Crippen LogP contribution in [0.5, 0.6) is 23.0 Å². The number of piperazine rings is 1. The summed E-state index contributed by atoms with van der Waals surface area (Å²) in [5, 5.41) is 2.95. The lowest BCUT2D eigenvalue weighted by molar-refractivity contribution is -0.120. The van der Waals surface area contributed by atoms with Gasteiger partial charge >= 0.3 is 6.09 Å². The zero-order valence-electron chi connectivity index (χ0n) is 29.0. The van der Waals surface area contributed by atoms with Crippen molar-refractivity contribution in [1.82, 2.24) is 20.0 Å². The van der Waals surface area contributed by atoms with Gasteiger partial charge in [-0.05, 0) is 116 Å². The number of carbonyl (C=O) groups is 2. The Morgan fingerprint density at radius 1 is 0.918 bits per heavy atom. The number of hydrogen-bond acceptors (Lipinski definition) is 9. The standard InChI is InChI=1S/C38H46N4O7/c1-25-31(30-9-8-28(45-3)22-33(30)32(25)23-36(43)39-24-29-7-6-18-48-29)19-26-20-34(46-4)37(35(21-26)47-5)49-38(44)42-16-14-41(15-17-42)27-10-12-40(2)13-11-27/h6-9,18-22,27H,10-17,23-24H2,1-5H3,(H,39,43)/b31-19-. The molecule has 2 aromatic carbocycles. The minimum Gasteiger partial charge on any atom is -0.497 e. The molecule has 0 radical (unpaired) electrons. The molecule has 3 aliphatic rings. The van der Waals surface area contributed by atoms with Crippen LogP contribution in [0.25, 0.3) is 17.2 Å². The topological polar surface area (TPSA) is 106 Å². The maximum atomic E-state index is 13.4. The van der Waals surface area contributed by atoms with Gasteiger partial charge in [-0.25, -0.2) is 4.79 Å². The van der Waals surface area contributed by atoms with Gasteiger partial charge in [0.15, 0.2) is 11.5 Å². The van der Waals surface area contributed by atoms with Crippen molar-refractivity contribution in [1.29, 1.82) is 0 Å². The first-order valence-electron chi connectivity index (χ1n) is 16.8. The van der Waals surface area contributed by atoms with Crippen molar-refractivity contribution in [3.05, 3.63) is 76.8 Å². The Balaban J connectivity index is 1.21. The van der Waals surface area contributed by atoms with Crippen LogP contribution in [0.3, 0.4) is 0 Å². The van der Waals surface area contributed by atoms with E-state index >= 15 is 0 Å². The number of benzene rings is 2. The zero-order chi connectivity index (χ0) is 34.5. The second-order valence-electron chi connectivity index (χ2n) is 12.8. The van der Waals surface area contributed by atoms with Gasteiger partial charge in [0, 0.05) is 32.2 Å². The molecule has 1 N–H and O–H groups in total. The van der Waals surface area contributed by atoms with Crippen LogP contribution in [-0.2, 0) is 11.3 Å². The Hall–Kier alpha value is -4.74. The van der Waals surface area contributed by atoms with E-state index in [0.29, 0.717) is 48.7 Å². The van der Waals surface area contributed by atoms with Gasteiger partial charge in [-0.3, -0.25) is 9.69 Å². The van der Waals surface area contributed by atoms with Gasteiger partial charge in [0.05, 0.1) is 40.6 Å². The number of hydrogen-bond donors (Lipinski definition) is 1. The number of methoxy groups -OCH3 is 3. The summed E-state index contributed by atoms with van der Waals surface area (Å²) < 4.78 is 28.3. The van der Waals surface area contributed by atoms with Crippen molar-refractivity contribution in [3.8, 4) is 23.0 Å². The first kappa shape index (κ1) is 34.1. The number of furan rings is 1. The van der Waals surface area contributed by atoms with Crippen molar-refractivity contribution in [2.24, 2.45) is 0 Å². The highest BCUT2D eigenvalue weighted by molar-refractivity contribution is 6.08. The Morgan fingerprint density at radius 2 is 1.63 bits per heavy atom. The fraction of sp³-hybridized carbons (Fsp3) is 0.421. The van der Waals surface area contributed by atoms with Crippen LogP contribution in [0.15, 0.2) is 58.7 Å². The molecule has 0 bridgehead atoms. The summed E-state index contributed by atoms with van der Waals surface area (Å²) in [4.78, 5) is 33.1. The summed E-state index contributed by atoms with van der Waals surface area (Å²) in [5.41, 5.74) is 5.57. The number of piperidine rings is 1. The number of likely N-dealkylation sites (tertiary alicyclic amines) is 1. The summed E-state index contributed by atoms with van der Waals surface area (Å²) in [5.74, 6) is 2.30. The molecule has 2 saturated heterocycles. The second kappa shape index (κ2) is 15.2. The van der Waals surface area contributed by atoms with E-state index in [0.717, 1.165) is 72.4 Å². The van der Waals surface area contributed by atoms with Crippen LogP contribution in [0.1, 0.15) is 48.6 Å². The molecule has 1 aromatic heterocycles. The van der Waals surface area contributed by atoms with Crippen molar-refractivity contribution >= 4 is 29.2 Å². The fourth-order valence-electron chi connectivity index (χ4n) is 6.97. The number of rotatable bonds is 10. The van der Waals surface area contributed by atoms with E-state index in [4.69, 9.17) is 23.4 Å². The highest BCUT2D eigenvalue weighted by Gasteiger charge is 2.31. The highest BCUT2D eigenvalue weighted by atomic mass is 16.6. The largest absolute Gasteiger partial charge is 0.497 e. The van der Waals surface area contributed by atoms with Crippen molar-refractivity contribution in [3.63, 3.8) is 0 Å². The third-order valence-corrected chi connectivity index (χ3v) is 9.84. The van der Waals surface area contributed by atoms with E-state index in [1.165, 1.54) is 0 Å². The Kier molecular flexibility index (Phi) is 10.6. The molecule has 11 nitrogen and oxygen atoms in total. The van der Waals surface area contributed by atoms with Crippen LogP contribution in [0.4, 0.5) is 4.79 Å². The molecule has 6 rings (SSSR count). The van der Waals surface area contributed by atoms with E-state index in [1.54, 1.807) is 38.6 Å². The molecule has 3 heterocycles. The molecular formula is C38H46N4O7. The molecule has 2 aliphatic heterocycles. The summed E-state index contributed by atoms with van der Waals surface area (Å²) in [6.07, 6.45) is 5.72. The Bertz CT molecular complexity index is 1690. The molecule has 0 unspecified atom stereocenters. The van der Waals surface area contributed by atoms with E-state index < -0.39 is 6.09 Å². The predicted octanol–water partition coefficient (Wildman–Crippen LogP) is 5.55. The van der Waals surface area contributed by atoms with E-state index in [1.807, 2.05) is 49.4 Å². The van der Waals surface area contributed by atoms with Crippen LogP contribution >= 0.6 is 0 Å².